The Morgan fingerprint density at radius 2 is 2.10 bits per heavy atom. The normalized spacial score (nSPS) is 28.1. The van der Waals surface area contributed by atoms with Crippen LogP contribution in [0.1, 0.15) is 69.1 Å². The maximum atomic E-state index is 11.2. The second kappa shape index (κ2) is 5.15. The first-order chi connectivity index (χ1) is 9.90. The predicted octanol–water partition coefficient (Wildman–Crippen LogP) is 3.29. The topological polar surface area (TPSA) is 55.1 Å². The average molecular weight is 290 g/mol. The lowest BCUT2D eigenvalue weighted by Crippen LogP contribution is -2.28. The van der Waals surface area contributed by atoms with Crippen LogP contribution < -0.4 is 0 Å². The monoisotopic (exact) mass is 290 g/mol. The predicted molar refractivity (Wildman–Crippen MR) is 81.3 cm³/mol. The molecular weight excluding hydrogens is 264 g/mol. The van der Waals surface area contributed by atoms with Crippen LogP contribution in [0.25, 0.3) is 0 Å². The molecule has 4 nitrogen and oxygen atoms in total. The zero-order valence-electron chi connectivity index (χ0n) is 13.4. The number of fused-ring (bicyclic) bond motifs is 1. The molecule has 1 heterocycles. The van der Waals surface area contributed by atoms with Crippen molar-refractivity contribution in [3.05, 3.63) is 17.2 Å². The van der Waals surface area contributed by atoms with E-state index in [0.717, 1.165) is 18.5 Å². The van der Waals surface area contributed by atoms with E-state index in [-0.39, 0.29) is 5.92 Å². The van der Waals surface area contributed by atoms with Gasteiger partial charge in [0.2, 0.25) is 0 Å². The van der Waals surface area contributed by atoms with E-state index in [4.69, 9.17) is 4.98 Å². The fraction of sp³-hybridized carbons (Fsp3) is 0.765. The highest BCUT2D eigenvalue weighted by atomic mass is 16.4. The summed E-state index contributed by atoms with van der Waals surface area (Å²) in [5.41, 5.74) is 2.60. The summed E-state index contributed by atoms with van der Waals surface area (Å²) in [5.74, 6) is 0.770. The van der Waals surface area contributed by atoms with Gasteiger partial charge in [-0.15, -0.1) is 0 Å². The fourth-order valence-corrected chi connectivity index (χ4v) is 4.23. The molecule has 1 aromatic rings. The van der Waals surface area contributed by atoms with Gasteiger partial charge in [-0.25, -0.2) is 4.98 Å². The minimum atomic E-state index is -0.675. The van der Waals surface area contributed by atoms with Crippen molar-refractivity contribution in [2.75, 3.05) is 0 Å². The average Bonchev–Trinajstić information content (AvgIpc) is 2.75. The Balaban J connectivity index is 1.93. The molecule has 3 rings (SSSR count). The van der Waals surface area contributed by atoms with E-state index < -0.39 is 5.97 Å². The van der Waals surface area contributed by atoms with Crippen molar-refractivity contribution in [1.29, 1.82) is 0 Å². The fourth-order valence-electron chi connectivity index (χ4n) is 4.23. The molecule has 0 bridgehead atoms. The quantitative estimate of drug-likeness (QED) is 0.909. The van der Waals surface area contributed by atoms with Crippen LogP contribution in [0.5, 0.6) is 0 Å². The first-order valence-electron chi connectivity index (χ1n) is 8.17. The highest BCUT2D eigenvalue weighted by Crippen LogP contribution is 2.46. The van der Waals surface area contributed by atoms with Gasteiger partial charge < -0.3 is 9.67 Å². The number of hydrogen-bond donors (Lipinski definition) is 1. The van der Waals surface area contributed by atoms with E-state index in [1.54, 1.807) is 0 Å². The summed E-state index contributed by atoms with van der Waals surface area (Å²) in [6.45, 7) is 4.70. The van der Waals surface area contributed by atoms with Crippen LogP contribution in [-0.2, 0) is 24.7 Å². The molecule has 2 aliphatic rings. The smallest absolute Gasteiger partial charge is 0.306 e. The summed E-state index contributed by atoms with van der Waals surface area (Å²) in [6.07, 6.45) is 7.26. The van der Waals surface area contributed by atoms with Crippen molar-refractivity contribution in [1.82, 2.24) is 9.55 Å². The molecule has 2 unspecified atom stereocenters. The van der Waals surface area contributed by atoms with Gasteiger partial charge in [0.15, 0.2) is 0 Å². The number of carbonyl (C=O) groups is 1. The summed E-state index contributed by atoms with van der Waals surface area (Å²) in [4.78, 5) is 16.1. The molecular formula is C17H26N2O2. The molecule has 21 heavy (non-hydrogen) atoms. The van der Waals surface area contributed by atoms with Gasteiger partial charge in [-0.2, -0.15) is 0 Å². The van der Waals surface area contributed by atoms with Gasteiger partial charge in [0.25, 0.3) is 0 Å². The maximum Gasteiger partial charge on any atom is 0.306 e. The molecule has 0 saturated heterocycles. The van der Waals surface area contributed by atoms with E-state index >= 15 is 0 Å². The van der Waals surface area contributed by atoms with Gasteiger partial charge in [0.05, 0.1) is 11.6 Å². The second-order valence-electron chi connectivity index (χ2n) is 7.49. The third kappa shape index (κ3) is 2.49. The molecule has 1 fully saturated rings. The van der Waals surface area contributed by atoms with Crippen molar-refractivity contribution in [2.24, 2.45) is 18.4 Å². The molecule has 116 valence electrons. The highest BCUT2D eigenvalue weighted by Gasteiger charge is 2.38. The molecule has 4 heteroatoms. The summed E-state index contributed by atoms with van der Waals surface area (Å²) in [6, 6.07) is 0. The number of carboxylic acids is 1. The van der Waals surface area contributed by atoms with Crippen LogP contribution in [0.3, 0.4) is 0 Å². The molecule has 1 saturated carbocycles. The molecule has 0 amide bonds. The van der Waals surface area contributed by atoms with Crippen LogP contribution >= 0.6 is 0 Å². The first kappa shape index (κ1) is 14.6. The molecule has 2 atom stereocenters. The largest absolute Gasteiger partial charge is 0.481 e. The molecule has 0 spiro atoms. The lowest BCUT2D eigenvalue weighted by atomic mass is 9.68. The van der Waals surface area contributed by atoms with Crippen molar-refractivity contribution in [3.8, 4) is 0 Å². The minimum absolute atomic E-state index is 0.250. The molecule has 2 aliphatic carbocycles. The summed E-state index contributed by atoms with van der Waals surface area (Å²) in [7, 11) is 2.12. The molecule has 0 aliphatic heterocycles. The zero-order chi connectivity index (χ0) is 15.2. The van der Waals surface area contributed by atoms with Crippen LogP contribution in [0.4, 0.5) is 0 Å². The Morgan fingerprint density at radius 3 is 2.76 bits per heavy atom. The Morgan fingerprint density at radius 1 is 1.33 bits per heavy atom. The van der Waals surface area contributed by atoms with Gasteiger partial charge in [0.1, 0.15) is 5.82 Å². The number of aliphatic carboxylic acids is 1. The lowest BCUT2D eigenvalue weighted by molar-refractivity contribution is -0.142. The Labute approximate surface area is 126 Å². The Bertz CT molecular complexity index is 559. The number of rotatable bonds is 2. The first-order valence-corrected chi connectivity index (χ1v) is 8.17. The summed E-state index contributed by atoms with van der Waals surface area (Å²) >= 11 is 0. The van der Waals surface area contributed by atoms with Crippen molar-refractivity contribution >= 4 is 5.97 Å². The lowest BCUT2D eigenvalue weighted by Gasteiger charge is -2.38. The van der Waals surface area contributed by atoms with Crippen LogP contribution in [0.15, 0.2) is 0 Å². The Hall–Kier alpha value is -1.32. The van der Waals surface area contributed by atoms with Gasteiger partial charge in [-0.1, -0.05) is 26.7 Å². The Kier molecular flexibility index (Phi) is 3.58. The van der Waals surface area contributed by atoms with E-state index in [0.29, 0.717) is 17.8 Å². The van der Waals surface area contributed by atoms with Crippen molar-refractivity contribution in [3.63, 3.8) is 0 Å². The van der Waals surface area contributed by atoms with E-state index in [1.165, 1.54) is 37.2 Å². The zero-order valence-corrected chi connectivity index (χ0v) is 13.4. The van der Waals surface area contributed by atoms with E-state index in [1.807, 2.05) is 0 Å². The third-order valence-electron chi connectivity index (χ3n) is 5.67. The SMILES string of the molecule is Cn1c(C2CCCCC2(C)C)nc2c1CCC(C(=O)O)C2. The second-order valence-corrected chi connectivity index (χ2v) is 7.49. The van der Waals surface area contributed by atoms with E-state index in [9.17, 15) is 9.90 Å². The van der Waals surface area contributed by atoms with Gasteiger partial charge in [0, 0.05) is 25.1 Å². The van der Waals surface area contributed by atoms with Crippen LogP contribution in [0, 0.1) is 11.3 Å². The van der Waals surface area contributed by atoms with Crippen molar-refractivity contribution < 1.29 is 9.90 Å². The number of aromatic nitrogens is 2. The molecule has 0 aromatic carbocycles. The maximum absolute atomic E-state index is 11.2. The van der Waals surface area contributed by atoms with Gasteiger partial charge >= 0.3 is 5.97 Å². The number of nitrogens with zero attached hydrogens (tertiary/aromatic N) is 2. The number of imidazole rings is 1. The van der Waals surface area contributed by atoms with Crippen molar-refractivity contribution in [2.45, 2.75) is 64.7 Å². The highest BCUT2D eigenvalue weighted by molar-refractivity contribution is 5.70. The van der Waals surface area contributed by atoms with Crippen LogP contribution in [0.2, 0.25) is 0 Å². The third-order valence-corrected chi connectivity index (χ3v) is 5.67. The molecule has 1 N–H and O–H groups in total. The minimum Gasteiger partial charge on any atom is -0.481 e. The summed E-state index contributed by atoms with van der Waals surface area (Å²) < 4.78 is 2.27. The number of carboxylic acid groups (broad SMARTS) is 1. The van der Waals surface area contributed by atoms with Gasteiger partial charge in [-0.3, -0.25) is 4.79 Å². The number of hydrogen-bond acceptors (Lipinski definition) is 2. The summed E-state index contributed by atoms with van der Waals surface area (Å²) in [5, 5.41) is 9.24. The van der Waals surface area contributed by atoms with Crippen LogP contribution in [-0.4, -0.2) is 20.6 Å². The standard InChI is InChI=1S/C17H26N2O2/c1-17(2)9-5-4-6-12(17)15-18-13-10-11(16(20)21)7-8-14(13)19(15)3/h11-12H,4-10H2,1-3H3,(H,20,21). The van der Waals surface area contributed by atoms with E-state index in [2.05, 4.69) is 25.5 Å². The molecule has 1 aromatic heterocycles. The molecule has 0 radical (unpaired) electrons. The van der Waals surface area contributed by atoms with Gasteiger partial charge in [-0.05, 0) is 31.1 Å².